The number of aryl methyl sites for hydroxylation is 1. The highest BCUT2D eigenvalue weighted by Crippen LogP contribution is 2.44. The van der Waals surface area contributed by atoms with Gasteiger partial charge in [0.05, 0.1) is 24.4 Å². The van der Waals surface area contributed by atoms with Crippen molar-refractivity contribution in [2.75, 3.05) is 19.7 Å². The van der Waals surface area contributed by atoms with Crippen molar-refractivity contribution < 1.29 is 14.6 Å². The van der Waals surface area contributed by atoms with Gasteiger partial charge >= 0.3 is 5.97 Å². The number of esters is 1. The Kier molecular flexibility index (Phi) is 8.89. The number of likely N-dealkylation sites (tertiary alicyclic amines) is 1. The zero-order valence-electron chi connectivity index (χ0n) is 23.0. The van der Waals surface area contributed by atoms with Gasteiger partial charge < -0.3 is 9.84 Å². The van der Waals surface area contributed by atoms with Gasteiger partial charge in [-0.3, -0.25) is 14.4 Å². The van der Waals surface area contributed by atoms with Gasteiger partial charge in [0.25, 0.3) is 0 Å². The van der Waals surface area contributed by atoms with Crippen molar-refractivity contribution in [3.8, 4) is 0 Å². The Bertz CT molecular complexity index is 1300. The van der Waals surface area contributed by atoms with Gasteiger partial charge in [-0.2, -0.15) is 5.10 Å². The number of aliphatic hydroxyl groups excluding tert-OH is 1. The molecule has 0 saturated carbocycles. The Morgan fingerprint density at radius 1 is 0.975 bits per heavy atom. The fourth-order valence-corrected chi connectivity index (χ4v) is 5.79. The minimum Gasteiger partial charge on any atom is -0.466 e. The molecule has 5 rings (SSSR count). The second-order valence-electron chi connectivity index (χ2n) is 10.2. The Hall–Kier alpha value is -4.00. The molecule has 40 heavy (non-hydrogen) atoms. The normalized spacial score (nSPS) is 17.1. The van der Waals surface area contributed by atoms with E-state index >= 15 is 0 Å². The first-order chi connectivity index (χ1) is 19.6. The highest BCUT2D eigenvalue weighted by atomic mass is 16.5. The lowest BCUT2D eigenvalue weighted by atomic mass is 9.74. The minimum atomic E-state index is -0.527. The molecular weight excluding hydrogens is 498 g/mol. The average molecular weight is 536 g/mol. The fourth-order valence-electron chi connectivity index (χ4n) is 5.79. The van der Waals surface area contributed by atoms with Crippen molar-refractivity contribution in [2.45, 2.75) is 44.4 Å². The molecule has 0 bridgehead atoms. The number of benzene rings is 3. The molecule has 1 aromatic heterocycles. The molecule has 6 heteroatoms. The van der Waals surface area contributed by atoms with Crippen molar-refractivity contribution >= 4 is 12.0 Å². The van der Waals surface area contributed by atoms with Gasteiger partial charge in [-0.05, 0) is 48.1 Å². The molecule has 3 aromatic carbocycles. The van der Waals surface area contributed by atoms with Gasteiger partial charge in [-0.15, -0.1) is 0 Å². The van der Waals surface area contributed by atoms with Crippen LogP contribution in [0.4, 0.5) is 0 Å². The van der Waals surface area contributed by atoms with Gasteiger partial charge in [0, 0.05) is 37.8 Å². The van der Waals surface area contributed by atoms with Crippen molar-refractivity contribution in [3.63, 3.8) is 0 Å². The van der Waals surface area contributed by atoms with Gasteiger partial charge in [0.15, 0.2) is 0 Å². The van der Waals surface area contributed by atoms with Gasteiger partial charge in [0.2, 0.25) is 0 Å². The summed E-state index contributed by atoms with van der Waals surface area (Å²) in [7, 11) is 0. The second-order valence-corrected chi connectivity index (χ2v) is 10.2. The summed E-state index contributed by atoms with van der Waals surface area (Å²) in [4.78, 5) is 14.2. The van der Waals surface area contributed by atoms with E-state index in [9.17, 15) is 9.90 Å². The lowest BCUT2D eigenvalue weighted by Gasteiger charge is -2.48. The summed E-state index contributed by atoms with van der Waals surface area (Å²) in [6.07, 6.45) is 7.01. The summed E-state index contributed by atoms with van der Waals surface area (Å²) in [5, 5.41) is 15.6. The molecule has 1 aliphatic rings. The smallest absolute Gasteiger partial charge is 0.305 e. The standard InChI is InChI=1S/C34H37N3O3/c1-2-40-33(39)19-12-21-37-25-27(24-35-37)23-28-26-36(22-20-32(28)38)34(29-13-6-3-7-14-29,30-15-8-4-9-16-30)31-17-10-5-11-18-31/h3-11,13-18,23-25,32,38H,2,12,19-22,26H2,1H3. The molecule has 0 radical (unpaired) electrons. The quantitative estimate of drug-likeness (QED) is 0.209. The highest BCUT2D eigenvalue weighted by molar-refractivity contribution is 5.69. The van der Waals surface area contributed by atoms with Gasteiger partial charge in [-0.1, -0.05) is 91.0 Å². The number of carbonyl (C=O) groups is 1. The van der Waals surface area contributed by atoms with Crippen molar-refractivity contribution in [3.05, 3.63) is 131 Å². The number of ether oxygens (including phenoxy) is 1. The van der Waals surface area contributed by atoms with Crippen LogP contribution in [0.1, 0.15) is 48.4 Å². The Labute approximate surface area is 236 Å². The molecule has 2 heterocycles. The van der Waals surface area contributed by atoms with Crippen LogP contribution in [0.3, 0.4) is 0 Å². The van der Waals surface area contributed by atoms with E-state index in [1.54, 1.807) is 0 Å². The Morgan fingerprint density at radius 3 is 2.10 bits per heavy atom. The first kappa shape index (κ1) is 27.6. The minimum absolute atomic E-state index is 0.179. The molecular formula is C34H37N3O3. The number of aromatic nitrogens is 2. The second kappa shape index (κ2) is 12.9. The molecule has 1 atom stereocenters. The SMILES string of the molecule is CCOC(=O)CCCn1cc(C=C2CN(C(c3ccccc3)(c3ccccc3)c3ccccc3)CCC2O)cn1. The van der Waals surface area contributed by atoms with E-state index < -0.39 is 11.6 Å². The van der Waals surface area contributed by atoms with Crippen LogP contribution >= 0.6 is 0 Å². The molecule has 1 fully saturated rings. The van der Waals surface area contributed by atoms with Crippen LogP contribution in [-0.2, 0) is 21.6 Å². The number of hydrogen-bond donors (Lipinski definition) is 1. The molecule has 4 aromatic rings. The van der Waals surface area contributed by atoms with E-state index in [-0.39, 0.29) is 5.97 Å². The summed E-state index contributed by atoms with van der Waals surface area (Å²) in [6.45, 7) is 4.20. The topological polar surface area (TPSA) is 67.6 Å². The number of carbonyl (C=O) groups excluding carboxylic acids is 1. The van der Waals surface area contributed by atoms with Crippen LogP contribution in [0.2, 0.25) is 0 Å². The number of aliphatic hydroxyl groups is 1. The third-order valence-electron chi connectivity index (χ3n) is 7.60. The maximum atomic E-state index is 11.7. The maximum absolute atomic E-state index is 11.7. The number of rotatable bonds is 10. The largest absolute Gasteiger partial charge is 0.466 e. The predicted molar refractivity (Wildman–Crippen MR) is 157 cm³/mol. The molecule has 0 aliphatic carbocycles. The molecule has 1 aliphatic heterocycles. The lowest BCUT2D eigenvalue weighted by molar-refractivity contribution is -0.143. The number of hydrogen-bond acceptors (Lipinski definition) is 5. The summed E-state index contributed by atoms with van der Waals surface area (Å²) in [5.74, 6) is -0.179. The van der Waals surface area contributed by atoms with Crippen molar-refractivity contribution in [2.24, 2.45) is 0 Å². The zero-order valence-corrected chi connectivity index (χ0v) is 23.0. The van der Waals surface area contributed by atoms with E-state index in [1.807, 2.05) is 24.0 Å². The third kappa shape index (κ3) is 5.93. The van der Waals surface area contributed by atoms with E-state index in [0.717, 1.165) is 17.7 Å². The van der Waals surface area contributed by atoms with Crippen molar-refractivity contribution in [1.82, 2.24) is 14.7 Å². The summed E-state index contributed by atoms with van der Waals surface area (Å²) < 4.78 is 6.87. The Morgan fingerprint density at radius 2 is 1.55 bits per heavy atom. The van der Waals surface area contributed by atoms with Crippen LogP contribution < -0.4 is 0 Å². The third-order valence-corrected chi connectivity index (χ3v) is 7.60. The van der Waals surface area contributed by atoms with Crippen LogP contribution in [0.5, 0.6) is 0 Å². The van der Waals surface area contributed by atoms with Crippen LogP contribution in [0.25, 0.3) is 6.08 Å². The summed E-state index contributed by atoms with van der Waals surface area (Å²) in [5.41, 5.74) is 4.95. The van der Waals surface area contributed by atoms with E-state index in [1.165, 1.54) is 16.7 Å². The molecule has 206 valence electrons. The van der Waals surface area contributed by atoms with E-state index in [0.29, 0.717) is 39.0 Å². The number of nitrogens with zero attached hydrogens (tertiary/aromatic N) is 3. The lowest BCUT2D eigenvalue weighted by Crippen LogP contribution is -2.52. The molecule has 1 unspecified atom stereocenters. The fraction of sp³-hybridized carbons (Fsp3) is 0.294. The van der Waals surface area contributed by atoms with Crippen molar-refractivity contribution in [1.29, 1.82) is 0 Å². The molecule has 1 saturated heterocycles. The predicted octanol–water partition coefficient (Wildman–Crippen LogP) is 5.67. The maximum Gasteiger partial charge on any atom is 0.305 e. The summed E-state index contributed by atoms with van der Waals surface area (Å²) in [6, 6.07) is 32.0. The molecule has 6 nitrogen and oxygen atoms in total. The molecule has 0 spiro atoms. The average Bonchev–Trinajstić information content (AvgIpc) is 3.44. The molecule has 0 amide bonds. The van der Waals surface area contributed by atoms with E-state index in [4.69, 9.17) is 4.74 Å². The van der Waals surface area contributed by atoms with Crippen LogP contribution in [0.15, 0.2) is 109 Å². The van der Waals surface area contributed by atoms with Gasteiger partial charge in [-0.25, -0.2) is 0 Å². The number of piperidine rings is 1. The van der Waals surface area contributed by atoms with E-state index in [2.05, 4.69) is 107 Å². The first-order valence-corrected chi connectivity index (χ1v) is 14.1. The summed E-state index contributed by atoms with van der Waals surface area (Å²) >= 11 is 0. The first-order valence-electron chi connectivity index (χ1n) is 14.1. The van der Waals surface area contributed by atoms with Crippen LogP contribution in [-0.4, -0.2) is 51.6 Å². The molecule has 1 N–H and O–H groups in total. The monoisotopic (exact) mass is 535 g/mol. The van der Waals surface area contributed by atoms with Gasteiger partial charge in [0.1, 0.15) is 0 Å². The zero-order chi connectivity index (χ0) is 27.8. The highest BCUT2D eigenvalue weighted by Gasteiger charge is 2.44. The Balaban J connectivity index is 1.48. The van der Waals surface area contributed by atoms with Crippen LogP contribution in [0, 0.1) is 0 Å².